The molecule has 0 bridgehead atoms. The number of nitrogens with zero attached hydrogens (tertiary/aromatic N) is 2. The predicted octanol–water partition coefficient (Wildman–Crippen LogP) is 3.31. The molecule has 1 aromatic carbocycles. The summed E-state index contributed by atoms with van der Waals surface area (Å²) in [6.45, 7) is 0. The molecular formula is C10H7Cl2FN2O. The third-order valence-corrected chi connectivity index (χ3v) is 2.36. The average molecular weight is 261 g/mol. The fourth-order valence-electron chi connectivity index (χ4n) is 1.21. The van der Waals surface area contributed by atoms with Crippen molar-refractivity contribution in [3.63, 3.8) is 0 Å². The number of alkyl halides is 1. The van der Waals surface area contributed by atoms with Crippen LogP contribution in [0.5, 0.6) is 0 Å². The topological polar surface area (TPSA) is 38.9 Å². The minimum atomic E-state index is -0.453. The molecule has 84 valence electrons. The second-order valence-electron chi connectivity index (χ2n) is 3.06. The van der Waals surface area contributed by atoms with Crippen LogP contribution in [-0.4, -0.2) is 16.1 Å². The SMILES string of the molecule is Fc1ccc(Cl)cc1-c1nnc(CCCl)o1. The fraction of sp³-hybridized carbons (Fsp3) is 0.200. The molecule has 0 amide bonds. The zero-order valence-corrected chi connectivity index (χ0v) is 9.59. The Balaban J connectivity index is 2.38. The molecule has 0 atom stereocenters. The van der Waals surface area contributed by atoms with Gasteiger partial charge in [-0.05, 0) is 18.2 Å². The summed E-state index contributed by atoms with van der Waals surface area (Å²) in [7, 11) is 0. The van der Waals surface area contributed by atoms with Crippen molar-refractivity contribution in [2.45, 2.75) is 6.42 Å². The molecule has 1 heterocycles. The molecule has 0 N–H and O–H groups in total. The van der Waals surface area contributed by atoms with Crippen molar-refractivity contribution >= 4 is 23.2 Å². The Bertz CT molecular complexity index is 501. The fourth-order valence-corrected chi connectivity index (χ4v) is 1.54. The van der Waals surface area contributed by atoms with Gasteiger partial charge in [0.1, 0.15) is 5.82 Å². The van der Waals surface area contributed by atoms with E-state index >= 15 is 0 Å². The van der Waals surface area contributed by atoms with Gasteiger partial charge in [0.25, 0.3) is 5.89 Å². The second kappa shape index (κ2) is 4.80. The predicted molar refractivity (Wildman–Crippen MR) is 59.1 cm³/mol. The molecule has 2 rings (SSSR count). The highest BCUT2D eigenvalue weighted by Gasteiger charge is 2.13. The molecule has 0 aliphatic rings. The van der Waals surface area contributed by atoms with E-state index < -0.39 is 5.82 Å². The average Bonchev–Trinajstić information content (AvgIpc) is 2.71. The van der Waals surface area contributed by atoms with Crippen molar-refractivity contribution in [1.82, 2.24) is 10.2 Å². The lowest BCUT2D eigenvalue weighted by atomic mass is 10.2. The zero-order chi connectivity index (χ0) is 11.5. The first-order valence-electron chi connectivity index (χ1n) is 4.54. The Kier molecular flexibility index (Phi) is 3.41. The minimum Gasteiger partial charge on any atom is -0.421 e. The smallest absolute Gasteiger partial charge is 0.250 e. The number of rotatable bonds is 3. The van der Waals surface area contributed by atoms with E-state index in [0.29, 0.717) is 23.2 Å². The molecule has 6 heteroatoms. The largest absolute Gasteiger partial charge is 0.421 e. The summed E-state index contributed by atoms with van der Waals surface area (Å²) in [5, 5.41) is 7.89. The third-order valence-electron chi connectivity index (χ3n) is 1.93. The molecule has 0 fully saturated rings. The van der Waals surface area contributed by atoms with Gasteiger partial charge in [-0.25, -0.2) is 4.39 Å². The molecule has 0 radical (unpaired) electrons. The Morgan fingerprint density at radius 2 is 2.12 bits per heavy atom. The van der Waals surface area contributed by atoms with Crippen LogP contribution in [0.2, 0.25) is 5.02 Å². The van der Waals surface area contributed by atoms with Gasteiger partial charge in [-0.15, -0.1) is 21.8 Å². The molecule has 0 spiro atoms. The molecule has 0 saturated heterocycles. The van der Waals surface area contributed by atoms with Gasteiger partial charge in [-0.1, -0.05) is 11.6 Å². The van der Waals surface area contributed by atoms with Crippen molar-refractivity contribution in [1.29, 1.82) is 0 Å². The number of halogens is 3. The lowest BCUT2D eigenvalue weighted by molar-refractivity contribution is 0.509. The molecule has 3 nitrogen and oxygen atoms in total. The van der Waals surface area contributed by atoms with Crippen LogP contribution in [0.25, 0.3) is 11.5 Å². The number of aromatic nitrogens is 2. The Labute approximate surface area is 101 Å². The molecule has 0 aliphatic carbocycles. The van der Waals surface area contributed by atoms with Crippen molar-refractivity contribution in [2.24, 2.45) is 0 Å². The van der Waals surface area contributed by atoms with Crippen molar-refractivity contribution < 1.29 is 8.81 Å². The van der Waals surface area contributed by atoms with Crippen LogP contribution < -0.4 is 0 Å². The number of hydrogen-bond donors (Lipinski definition) is 0. The molecule has 0 saturated carbocycles. The zero-order valence-electron chi connectivity index (χ0n) is 8.08. The summed E-state index contributed by atoms with van der Waals surface area (Å²) in [6.07, 6.45) is 0.455. The normalized spacial score (nSPS) is 10.7. The van der Waals surface area contributed by atoms with E-state index in [1.807, 2.05) is 0 Å². The Hall–Kier alpha value is -1.13. The summed E-state index contributed by atoms with van der Waals surface area (Å²) in [4.78, 5) is 0. The van der Waals surface area contributed by atoms with Crippen LogP contribution in [0.15, 0.2) is 22.6 Å². The Morgan fingerprint density at radius 1 is 1.31 bits per heavy atom. The quantitative estimate of drug-likeness (QED) is 0.795. The van der Waals surface area contributed by atoms with Crippen molar-refractivity contribution in [3.05, 3.63) is 34.9 Å². The third kappa shape index (κ3) is 2.33. The van der Waals surface area contributed by atoms with Crippen LogP contribution >= 0.6 is 23.2 Å². The maximum Gasteiger partial charge on any atom is 0.250 e. The summed E-state index contributed by atoms with van der Waals surface area (Å²) in [5.74, 6) is 0.412. The first kappa shape index (κ1) is 11.4. The van der Waals surface area contributed by atoms with Gasteiger partial charge in [-0.3, -0.25) is 0 Å². The standard InChI is InChI=1S/C10H7Cl2FN2O/c11-4-3-9-14-15-10(16-9)7-5-6(12)1-2-8(7)13/h1-2,5H,3-4H2. The number of benzene rings is 1. The molecule has 0 unspecified atom stereocenters. The summed E-state index contributed by atoms with van der Waals surface area (Å²) in [5.41, 5.74) is 0.195. The van der Waals surface area contributed by atoms with E-state index in [2.05, 4.69) is 10.2 Å². The van der Waals surface area contributed by atoms with Crippen LogP contribution in [0.1, 0.15) is 5.89 Å². The summed E-state index contributed by atoms with van der Waals surface area (Å²) >= 11 is 11.3. The first-order valence-corrected chi connectivity index (χ1v) is 5.45. The molecule has 1 aromatic heterocycles. The second-order valence-corrected chi connectivity index (χ2v) is 3.88. The molecule has 16 heavy (non-hydrogen) atoms. The van der Waals surface area contributed by atoms with Gasteiger partial charge in [0.05, 0.1) is 5.56 Å². The van der Waals surface area contributed by atoms with Crippen LogP contribution in [0.3, 0.4) is 0 Å². The lowest BCUT2D eigenvalue weighted by Crippen LogP contribution is -1.84. The van der Waals surface area contributed by atoms with E-state index in [1.165, 1.54) is 18.2 Å². The van der Waals surface area contributed by atoms with E-state index in [1.54, 1.807) is 0 Å². The first-order chi connectivity index (χ1) is 7.70. The van der Waals surface area contributed by atoms with Crippen molar-refractivity contribution in [3.8, 4) is 11.5 Å². The van der Waals surface area contributed by atoms with Gasteiger partial charge in [0, 0.05) is 17.3 Å². The van der Waals surface area contributed by atoms with Crippen LogP contribution in [0.4, 0.5) is 4.39 Å². The lowest BCUT2D eigenvalue weighted by Gasteiger charge is -1.97. The van der Waals surface area contributed by atoms with Gasteiger partial charge in [0.2, 0.25) is 5.89 Å². The summed E-state index contributed by atoms with van der Waals surface area (Å²) < 4.78 is 18.7. The van der Waals surface area contributed by atoms with E-state index in [0.717, 1.165) is 0 Å². The van der Waals surface area contributed by atoms with E-state index in [9.17, 15) is 4.39 Å². The van der Waals surface area contributed by atoms with Crippen LogP contribution in [0, 0.1) is 5.82 Å². The minimum absolute atomic E-state index is 0.111. The maximum atomic E-state index is 13.4. The monoisotopic (exact) mass is 260 g/mol. The van der Waals surface area contributed by atoms with Crippen LogP contribution in [-0.2, 0) is 6.42 Å². The highest BCUT2D eigenvalue weighted by Crippen LogP contribution is 2.24. The van der Waals surface area contributed by atoms with E-state index in [4.69, 9.17) is 27.6 Å². The van der Waals surface area contributed by atoms with E-state index in [-0.39, 0.29) is 11.5 Å². The van der Waals surface area contributed by atoms with Gasteiger partial charge >= 0.3 is 0 Å². The number of hydrogen-bond acceptors (Lipinski definition) is 3. The van der Waals surface area contributed by atoms with Gasteiger partial charge in [0.15, 0.2) is 0 Å². The maximum absolute atomic E-state index is 13.4. The van der Waals surface area contributed by atoms with Crippen molar-refractivity contribution in [2.75, 3.05) is 5.88 Å². The molecular weight excluding hydrogens is 254 g/mol. The highest BCUT2D eigenvalue weighted by molar-refractivity contribution is 6.30. The van der Waals surface area contributed by atoms with Gasteiger partial charge in [-0.2, -0.15) is 0 Å². The number of aryl methyl sites for hydroxylation is 1. The highest BCUT2D eigenvalue weighted by atomic mass is 35.5. The summed E-state index contributed by atoms with van der Waals surface area (Å²) in [6, 6.07) is 4.15. The molecule has 2 aromatic rings. The molecule has 0 aliphatic heterocycles. The van der Waals surface area contributed by atoms with Gasteiger partial charge < -0.3 is 4.42 Å². The Morgan fingerprint density at radius 3 is 2.88 bits per heavy atom.